The Labute approximate surface area is 108 Å². The van der Waals surface area contributed by atoms with Crippen molar-refractivity contribution in [2.24, 2.45) is 5.92 Å². The summed E-state index contributed by atoms with van der Waals surface area (Å²) in [6, 6.07) is 0.130. The third-order valence-electron chi connectivity index (χ3n) is 2.83. The van der Waals surface area contributed by atoms with Crippen molar-refractivity contribution in [3.8, 4) is 0 Å². The van der Waals surface area contributed by atoms with E-state index < -0.39 is 10.0 Å². The zero-order chi connectivity index (χ0) is 12.2. The summed E-state index contributed by atoms with van der Waals surface area (Å²) in [5.41, 5.74) is 0. The summed E-state index contributed by atoms with van der Waals surface area (Å²) in [6.07, 6.45) is 5.10. The number of hydrogen-bond acceptors (Lipinski definition) is 3. The van der Waals surface area contributed by atoms with Crippen molar-refractivity contribution >= 4 is 33.4 Å². The van der Waals surface area contributed by atoms with Gasteiger partial charge in [-0.15, -0.1) is 11.6 Å². The van der Waals surface area contributed by atoms with Crippen LogP contribution >= 0.6 is 23.4 Å². The second-order valence-corrected chi connectivity index (χ2v) is 7.77. The summed E-state index contributed by atoms with van der Waals surface area (Å²) < 4.78 is 26.3. The van der Waals surface area contributed by atoms with Crippen molar-refractivity contribution in [3.05, 3.63) is 0 Å². The van der Waals surface area contributed by atoms with Crippen LogP contribution in [0.3, 0.4) is 0 Å². The Balaban J connectivity index is 2.42. The van der Waals surface area contributed by atoms with Crippen molar-refractivity contribution in [2.75, 3.05) is 17.9 Å². The Bertz CT molecular complexity index is 308. The fourth-order valence-electron chi connectivity index (χ4n) is 1.98. The predicted molar refractivity (Wildman–Crippen MR) is 71.7 cm³/mol. The van der Waals surface area contributed by atoms with Crippen molar-refractivity contribution in [1.82, 2.24) is 4.72 Å². The lowest BCUT2D eigenvalue weighted by Gasteiger charge is -2.15. The minimum absolute atomic E-state index is 0.0110. The van der Waals surface area contributed by atoms with Gasteiger partial charge in [-0.3, -0.25) is 0 Å². The summed E-state index contributed by atoms with van der Waals surface area (Å²) in [4.78, 5) is 0. The number of sulfonamides is 1. The van der Waals surface area contributed by atoms with Crippen LogP contribution in [0.2, 0.25) is 0 Å². The molecule has 1 saturated carbocycles. The molecule has 0 aromatic rings. The van der Waals surface area contributed by atoms with Gasteiger partial charge in [0.2, 0.25) is 10.0 Å². The van der Waals surface area contributed by atoms with E-state index in [-0.39, 0.29) is 17.7 Å². The lowest BCUT2D eigenvalue weighted by molar-refractivity contribution is 0.542. The fraction of sp³-hybridized carbons (Fsp3) is 1.00. The second kappa shape index (κ2) is 6.47. The molecule has 0 aromatic carbocycles. The average Bonchev–Trinajstić information content (AvgIpc) is 2.63. The van der Waals surface area contributed by atoms with Gasteiger partial charge in [-0.1, -0.05) is 6.92 Å². The zero-order valence-electron chi connectivity index (χ0n) is 9.78. The van der Waals surface area contributed by atoms with Crippen LogP contribution in [0.1, 0.15) is 26.2 Å². The quantitative estimate of drug-likeness (QED) is 0.760. The van der Waals surface area contributed by atoms with Gasteiger partial charge in [0.05, 0.1) is 5.75 Å². The Kier molecular flexibility index (Phi) is 5.91. The number of rotatable bonds is 6. The Morgan fingerprint density at radius 2 is 2.19 bits per heavy atom. The van der Waals surface area contributed by atoms with Gasteiger partial charge in [0, 0.05) is 17.2 Å². The minimum atomic E-state index is -3.15. The maximum absolute atomic E-state index is 11.8. The van der Waals surface area contributed by atoms with E-state index >= 15 is 0 Å². The lowest BCUT2D eigenvalue weighted by Crippen LogP contribution is -2.36. The maximum Gasteiger partial charge on any atom is 0.212 e. The van der Waals surface area contributed by atoms with Crippen LogP contribution in [0.4, 0.5) is 0 Å². The second-order valence-electron chi connectivity index (χ2n) is 4.53. The lowest BCUT2D eigenvalue weighted by atomic mass is 10.3. The van der Waals surface area contributed by atoms with Crippen LogP contribution in [0.5, 0.6) is 0 Å². The molecule has 1 aliphatic rings. The number of alkyl halides is 1. The van der Waals surface area contributed by atoms with E-state index in [4.69, 9.17) is 11.6 Å². The Hall–Kier alpha value is 0.550. The fourth-order valence-corrected chi connectivity index (χ4v) is 4.70. The predicted octanol–water partition coefficient (Wildman–Crippen LogP) is 2.06. The smallest absolute Gasteiger partial charge is 0.212 e. The number of hydrogen-bond donors (Lipinski definition) is 1. The van der Waals surface area contributed by atoms with Crippen LogP contribution in [0.15, 0.2) is 0 Å². The molecule has 0 saturated heterocycles. The molecule has 16 heavy (non-hydrogen) atoms. The van der Waals surface area contributed by atoms with Crippen molar-refractivity contribution in [3.63, 3.8) is 0 Å². The highest BCUT2D eigenvalue weighted by Gasteiger charge is 2.27. The number of halogens is 1. The van der Waals surface area contributed by atoms with Crippen LogP contribution in [0.25, 0.3) is 0 Å². The average molecular weight is 286 g/mol. The van der Waals surface area contributed by atoms with E-state index in [2.05, 4.69) is 11.0 Å². The third-order valence-corrected chi connectivity index (χ3v) is 6.15. The molecule has 3 unspecified atom stereocenters. The first-order chi connectivity index (χ1) is 7.46. The molecule has 0 radical (unpaired) electrons. The molecule has 0 aliphatic heterocycles. The van der Waals surface area contributed by atoms with Crippen molar-refractivity contribution in [1.29, 1.82) is 0 Å². The van der Waals surface area contributed by atoms with Gasteiger partial charge in [-0.25, -0.2) is 13.1 Å². The highest BCUT2D eigenvalue weighted by atomic mass is 35.5. The van der Waals surface area contributed by atoms with E-state index in [9.17, 15) is 8.42 Å². The zero-order valence-corrected chi connectivity index (χ0v) is 12.2. The molecule has 3 atom stereocenters. The van der Waals surface area contributed by atoms with E-state index in [0.717, 1.165) is 19.3 Å². The molecule has 0 aromatic heterocycles. The first-order valence-electron chi connectivity index (χ1n) is 5.55. The molecule has 3 nitrogen and oxygen atoms in total. The molecule has 1 aliphatic carbocycles. The monoisotopic (exact) mass is 285 g/mol. The van der Waals surface area contributed by atoms with Crippen LogP contribution in [-0.4, -0.2) is 37.6 Å². The van der Waals surface area contributed by atoms with Crippen LogP contribution in [0, 0.1) is 5.92 Å². The highest BCUT2D eigenvalue weighted by molar-refractivity contribution is 7.99. The number of thioether (sulfide) groups is 1. The van der Waals surface area contributed by atoms with Crippen LogP contribution in [-0.2, 0) is 10.0 Å². The topological polar surface area (TPSA) is 46.2 Å². The molecule has 0 heterocycles. The largest absolute Gasteiger partial charge is 0.212 e. The molecule has 1 N–H and O–H groups in total. The van der Waals surface area contributed by atoms with E-state index in [1.54, 1.807) is 0 Å². The molecule has 1 rings (SSSR count). The van der Waals surface area contributed by atoms with E-state index in [1.165, 1.54) is 0 Å². The molecule has 0 bridgehead atoms. The van der Waals surface area contributed by atoms with Gasteiger partial charge >= 0.3 is 0 Å². The molecule has 6 heteroatoms. The maximum atomic E-state index is 11.8. The first kappa shape index (κ1) is 14.6. The molecular weight excluding hydrogens is 266 g/mol. The summed E-state index contributed by atoms with van der Waals surface area (Å²) in [5.74, 6) is 0.535. The van der Waals surface area contributed by atoms with Gasteiger partial charge in [0.1, 0.15) is 0 Å². The minimum Gasteiger partial charge on any atom is -0.212 e. The Morgan fingerprint density at radius 3 is 2.69 bits per heavy atom. The standard InChI is InChI=1S/C10H20ClNO2S2/c1-8(6-11)7-16(13,14)12-9-3-4-10(5-9)15-2/h8-10,12H,3-7H2,1-2H3. The van der Waals surface area contributed by atoms with Gasteiger partial charge in [0.25, 0.3) is 0 Å². The van der Waals surface area contributed by atoms with Crippen LogP contribution < -0.4 is 4.72 Å². The molecular formula is C10H20ClNO2S2. The van der Waals surface area contributed by atoms with Crippen molar-refractivity contribution < 1.29 is 8.42 Å². The van der Waals surface area contributed by atoms with Gasteiger partial charge < -0.3 is 0 Å². The SMILES string of the molecule is CSC1CCC(NS(=O)(=O)CC(C)CCl)C1. The first-order valence-corrected chi connectivity index (χ1v) is 9.03. The highest BCUT2D eigenvalue weighted by Crippen LogP contribution is 2.28. The summed E-state index contributed by atoms with van der Waals surface area (Å²) in [6.45, 7) is 1.85. The van der Waals surface area contributed by atoms with Crippen molar-refractivity contribution in [2.45, 2.75) is 37.5 Å². The summed E-state index contributed by atoms with van der Waals surface area (Å²) >= 11 is 7.45. The molecule has 1 fully saturated rings. The molecule has 96 valence electrons. The van der Waals surface area contributed by atoms with E-state index in [0.29, 0.717) is 11.1 Å². The third kappa shape index (κ3) is 4.82. The van der Waals surface area contributed by atoms with Gasteiger partial charge in [-0.05, 0) is 31.4 Å². The normalized spacial score (nSPS) is 28.2. The van der Waals surface area contributed by atoms with Gasteiger partial charge in [-0.2, -0.15) is 11.8 Å². The summed E-state index contributed by atoms with van der Waals surface area (Å²) in [5, 5.41) is 0.609. The summed E-state index contributed by atoms with van der Waals surface area (Å²) in [7, 11) is -3.15. The Morgan fingerprint density at radius 1 is 1.50 bits per heavy atom. The number of nitrogens with one attached hydrogen (secondary N) is 1. The van der Waals surface area contributed by atoms with E-state index in [1.807, 2.05) is 18.7 Å². The van der Waals surface area contributed by atoms with Gasteiger partial charge in [0.15, 0.2) is 0 Å². The molecule has 0 amide bonds. The molecule has 0 spiro atoms.